The second-order valence-corrected chi connectivity index (χ2v) is 5.37. The van der Waals surface area contributed by atoms with Crippen LogP contribution in [0.1, 0.15) is 34.9 Å². The number of Topliss-reactive ketones (excluding diaryl/α,β-unsaturated/α-hetero) is 1. The van der Waals surface area contributed by atoms with E-state index in [2.05, 4.69) is 0 Å². The molecular formula is C18H18O5. The zero-order chi connectivity index (χ0) is 16.2. The van der Waals surface area contributed by atoms with Crippen LogP contribution < -0.4 is 9.47 Å². The van der Waals surface area contributed by atoms with Crippen LogP contribution in [0.3, 0.4) is 0 Å². The summed E-state index contributed by atoms with van der Waals surface area (Å²) in [6, 6.07) is 12.3. The second-order valence-electron chi connectivity index (χ2n) is 5.37. The number of aliphatic hydroxyl groups excluding tert-OH is 1. The first-order valence-corrected chi connectivity index (χ1v) is 7.54. The van der Waals surface area contributed by atoms with Crippen molar-refractivity contribution in [3.63, 3.8) is 0 Å². The summed E-state index contributed by atoms with van der Waals surface area (Å²) in [5.41, 5.74) is 0.959. The summed E-state index contributed by atoms with van der Waals surface area (Å²) in [4.78, 5) is 12.3. The second kappa shape index (κ2) is 6.71. The number of phenolic OH excluding ortho intramolecular Hbond substituents is 1. The molecule has 0 fully saturated rings. The highest BCUT2D eigenvalue weighted by atomic mass is 16.6. The molecule has 23 heavy (non-hydrogen) atoms. The molecule has 0 spiro atoms. The maximum absolute atomic E-state index is 12.3. The number of carbonyl (C=O) groups is 1. The lowest BCUT2D eigenvalue weighted by atomic mass is 9.99. The van der Waals surface area contributed by atoms with Gasteiger partial charge in [-0.05, 0) is 24.1 Å². The van der Waals surface area contributed by atoms with Gasteiger partial charge in [0.2, 0.25) is 5.75 Å². The fourth-order valence-electron chi connectivity index (χ4n) is 2.57. The average Bonchev–Trinajstić information content (AvgIpc) is 2.60. The van der Waals surface area contributed by atoms with Gasteiger partial charge in [-0.3, -0.25) is 4.79 Å². The number of benzene rings is 2. The van der Waals surface area contributed by atoms with Crippen molar-refractivity contribution in [2.75, 3.05) is 13.2 Å². The molecule has 120 valence electrons. The first-order chi connectivity index (χ1) is 11.2. The van der Waals surface area contributed by atoms with Gasteiger partial charge in [0.1, 0.15) is 13.2 Å². The van der Waals surface area contributed by atoms with Crippen molar-refractivity contribution in [3.8, 4) is 17.2 Å². The minimum atomic E-state index is -0.709. The number of ketones is 1. The number of rotatable bonds is 5. The Kier molecular flexibility index (Phi) is 4.48. The number of aromatic hydroxyl groups is 1. The number of hydrogen-bond acceptors (Lipinski definition) is 5. The summed E-state index contributed by atoms with van der Waals surface area (Å²) in [7, 11) is 0. The highest BCUT2D eigenvalue weighted by Gasteiger charge is 2.22. The number of ether oxygens (including phenoxy) is 2. The van der Waals surface area contributed by atoms with Gasteiger partial charge >= 0.3 is 0 Å². The standard InChI is InChI=1S/C18H18O5/c19-14(12-4-2-1-3-5-12)7-8-15(20)13-6-9-16-18(17(13)21)23-11-10-22-16/h1-6,9,14,19,21H,7-8,10-11H2. The summed E-state index contributed by atoms with van der Waals surface area (Å²) >= 11 is 0. The van der Waals surface area contributed by atoms with Crippen LogP contribution in [-0.4, -0.2) is 29.2 Å². The monoisotopic (exact) mass is 314 g/mol. The third-order valence-electron chi connectivity index (χ3n) is 3.81. The van der Waals surface area contributed by atoms with Crippen molar-refractivity contribution in [2.45, 2.75) is 18.9 Å². The van der Waals surface area contributed by atoms with Crippen LogP contribution in [-0.2, 0) is 0 Å². The molecule has 0 amide bonds. The van der Waals surface area contributed by atoms with E-state index in [1.54, 1.807) is 6.07 Å². The topological polar surface area (TPSA) is 76.0 Å². The first kappa shape index (κ1) is 15.4. The summed E-state index contributed by atoms with van der Waals surface area (Å²) < 4.78 is 10.7. The molecule has 1 heterocycles. The first-order valence-electron chi connectivity index (χ1n) is 7.54. The number of aliphatic hydroxyl groups is 1. The molecule has 0 aromatic heterocycles. The molecule has 1 atom stereocenters. The smallest absolute Gasteiger partial charge is 0.204 e. The van der Waals surface area contributed by atoms with Gasteiger partial charge < -0.3 is 19.7 Å². The molecule has 5 heteroatoms. The predicted molar refractivity (Wildman–Crippen MR) is 84.1 cm³/mol. The molecule has 0 bridgehead atoms. The molecule has 1 aliphatic heterocycles. The van der Waals surface area contributed by atoms with Crippen molar-refractivity contribution in [1.82, 2.24) is 0 Å². The number of phenols is 1. The van der Waals surface area contributed by atoms with E-state index in [1.165, 1.54) is 6.07 Å². The van der Waals surface area contributed by atoms with Crippen molar-refractivity contribution in [1.29, 1.82) is 0 Å². The Labute approximate surface area is 134 Å². The van der Waals surface area contributed by atoms with E-state index >= 15 is 0 Å². The molecule has 2 N–H and O–H groups in total. The number of fused-ring (bicyclic) bond motifs is 1. The molecule has 3 rings (SSSR count). The van der Waals surface area contributed by atoms with Crippen molar-refractivity contribution in [3.05, 3.63) is 53.6 Å². The van der Waals surface area contributed by atoms with Crippen LogP contribution in [0.2, 0.25) is 0 Å². The van der Waals surface area contributed by atoms with E-state index in [0.717, 1.165) is 5.56 Å². The van der Waals surface area contributed by atoms with Crippen LogP contribution >= 0.6 is 0 Å². The summed E-state index contributed by atoms with van der Waals surface area (Å²) in [6.45, 7) is 0.758. The molecule has 0 radical (unpaired) electrons. The maximum atomic E-state index is 12.3. The lowest BCUT2D eigenvalue weighted by molar-refractivity contribution is 0.0935. The average molecular weight is 314 g/mol. The number of carbonyl (C=O) groups excluding carboxylic acids is 1. The van der Waals surface area contributed by atoms with E-state index in [-0.39, 0.29) is 35.7 Å². The zero-order valence-corrected chi connectivity index (χ0v) is 12.6. The van der Waals surface area contributed by atoms with Crippen molar-refractivity contribution < 1.29 is 24.5 Å². The SMILES string of the molecule is O=C(CCC(O)c1ccccc1)c1ccc2c(c1O)OCCO2. The van der Waals surface area contributed by atoms with E-state index in [9.17, 15) is 15.0 Å². The van der Waals surface area contributed by atoms with Crippen LogP contribution in [0, 0.1) is 0 Å². The lowest BCUT2D eigenvalue weighted by Crippen LogP contribution is -2.16. The third kappa shape index (κ3) is 3.29. The molecule has 2 aromatic rings. The molecular weight excluding hydrogens is 296 g/mol. The van der Waals surface area contributed by atoms with Gasteiger partial charge in [0.25, 0.3) is 0 Å². The Hall–Kier alpha value is -2.53. The van der Waals surface area contributed by atoms with Gasteiger partial charge in [-0.15, -0.1) is 0 Å². The quantitative estimate of drug-likeness (QED) is 0.830. The maximum Gasteiger partial charge on any atom is 0.204 e. The predicted octanol–water partition coefficient (Wildman–Crippen LogP) is 2.86. The van der Waals surface area contributed by atoms with Gasteiger partial charge in [-0.2, -0.15) is 0 Å². The largest absolute Gasteiger partial charge is 0.504 e. The molecule has 0 saturated heterocycles. The lowest BCUT2D eigenvalue weighted by Gasteiger charge is -2.20. The Bertz CT molecular complexity index is 696. The fraction of sp³-hybridized carbons (Fsp3) is 0.278. The van der Waals surface area contributed by atoms with E-state index in [4.69, 9.17) is 9.47 Å². The Morgan fingerprint density at radius 1 is 1.09 bits per heavy atom. The van der Waals surface area contributed by atoms with E-state index < -0.39 is 6.10 Å². The Morgan fingerprint density at radius 3 is 2.61 bits per heavy atom. The van der Waals surface area contributed by atoms with Gasteiger partial charge in [0, 0.05) is 6.42 Å². The Balaban J connectivity index is 1.69. The number of hydrogen-bond donors (Lipinski definition) is 2. The highest BCUT2D eigenvalue weighted by molar-refractivity contribution is 5.99. The molecule has 2 aromatic carbocycles. The van der Waals surface area contributed by atoms with Gasteiger partial charge in [0.05, 0.1) is 11.7 Å². The van der Waals surface area contributed by atoms with Gasteiger partial charge in [-0.1, -0.05) is 30.3 Å². The van der Waals surface area contributed by atoms with Gasteiger partial charge in [0.15, 0.2) is 17.3 Å². The Morgan fingerprint density at radius 2 is 1.83 bits per heavy atom. The van der Waals surface area contributed by atoms with Crippen molar-refractivity contribution >= 4 is 5.78 Å². The minimum absolute atomic E-state index is 0.128. The molecule has 5 nitrogen and oxygen atoms in total. The zero-order valence-electron chi connectivity index (χ0n) is 12.6. The molecule has 1 aliphatic rings. The molecule has 0 aliphatic carbocycles. The van der Waals surface area contributed by atoms with E-state index in [1.807, 2.05) is 30.3 Å². The molecule has 1 unspecified atom stereocenters. The summed E-state index contributed by atoms with van der Waals surface area (Å²) in [5, 5.41) is 20.3. The molecule has 0 saturated carbocycles. The summed E-state index contributed by atoms with van der Waals surface area (Å²) in [6.07, 6.45) is -0.292. The minimum Gasteiger partial charge on any atom is -0.504 e. The highest BCUT2D eigenvalue weighted by Crippen LogP contribution is 2.41. The van der Waals surface area contributed by atoms with Crippen LogP contribution in [0.5, 0.6) is 17.2 Å². The van der Waals surface area contributed by atoms with Crippen LogP contribution in [0.15, 0.2) is 42.5 Å². The van der Waals surface area contributed by atoms with Crippen LogP contribution in [0.4, 0.5) is 0 Å². The summed E-state index contributed by atoms with van der Waals surface area (Å²) in [5.74, 6) is 0.219. The van der Waals surface area contributed by atoms with Crippen LogP contribution in [0.25, 0.3) is 0 Å². The van der Waals surface area contributed by atoms with E-state index in [0.29, 0.717) is 19.0 Å². The van der Waals surface area contributed by atoms with Crippen molar-refractivity contribution in [2.24, 2.45) is 0 Å². The normalized spacial score (nSPS) is 14.3. The fourth-order valence-corrected chi connectivity index (χ4v) is 2.57. The third-order valence-corrected chi connectivity index (χ3v) is 3.81. The van der Waals surface area contributed by atoms with Gasteiger partial charge in [-0.25, -0.2) is 0 Å².